The molecule has 34 heavy (non-hydrogen) atoms. The highest BCUT2D eigenvalue weighted by Gasteiger charge is 2.32. The Morgan fingerprint density at radius 1 is 1.09 bits per heavy atom. The summed E-state index contributed by atoms with van der Waals surface area (Å²) in [5.74, 6) is -1.56. The second-order valence-electron chi connectivity index (χ2n) is 9.13. The first-order chi connectivity index (χ1) is 15.9. The van der Waals surface area contributed by atoms with Gasteiger partial charge in [0.15, 0.2) is 0 Å². The first-order valence-electron chi connectivity index (χ1n) is 11.7. The van der Waals surface area contributed by atoms with Crippen LogP contribution in [0.3, 0.4) is 0 Å². The van der Waals surface area contributed by atoms with E-state index >= 15 is 0 Å². The fourth-order valence-electron chi connectivity index (χ4n) is 4.84. The molecule has 9 nitrogen and oxygen atoms in total. The maximum atomic E-state index is 13.3. The van der Waals surface area contributed by atoms with Crippen LogP contribution in [0.15, 0.2) is 30.5 Å². The molecular formula is C24H34ClN5O4. The van der Waals surface area contributed by atoms with E-state index in [9.17, 15) is 14.4 Å². The first-order valence-corrected chi connectivity index (χ1v) is 11.7. The Balaban J connectivity index is 0.00000324. The number of benzene rings is 1. The lowest BCUT2D eigenvalue weighted by molar-refractivity contribution is -0.138. The van der Waals surface area contributed by atoms with Crippen LogP contribution < -0.4 is 5.32 Å². The number of hydrogen-bond donors (Lipinski definition) is 3. The zero-order valence-corrected chi connectivity index (χ0v) is 20.4. The van der Waals surface area contributed by atoms with E-state index < -0.39 is 12.0 Å². The van der Waals surface area contributed by atoms with Gasteiger partial charge in [0.1, 0.15) is 6.04 Å². The van der Waals surface area contributed by atoms with Crippen LogP contribution in [0, 0.1) is 0 Å². The number of nitrogens with zero attached hydrogens (tertiary/aromatic N) is 3. The Kier molecular flexibility index (Phi) is 8.93. The summed E-state index contributed by atoms with van der Waals surface area (Å²) in [6.45, 7) is 5.01. The van der Waals surface area contributed by atoms with E-state index in [-0.39, 0.29) is 37.1 Å². The molecule has 0 unspecified atom stereocenters. The number of likely N-dealkylation sites (tertiary alicyclic amines) is 1. The normalized spacial score (nSPS) is 18.9. The minimum atomic E-state index is -0.984. The highest BCUT2D eigenvalue weighted by molar-refractivity contribution is 6.00. The number of carboxylic acid groups (broad SMARTS) is 1. The van der Waals surface area contributed by atoms with Crippen LogP contribution >= 0.6 is 12.4 Å². The van der Waals surface area contributed by atoms with Crippen LogP contribution in [-0.4, -0.2) is 101 Å². The van der Waals surface area contributed by atoms with E-state index in [0.29, 0.717) is 24.7 Å². The molecule has 10 heteroatoms. The van der Waals surface area contributed by atoms with Crippen LogP contribution in [-0.2, 0) is 9.59 Å². The molecule has 0 radical (unpaired) electrons. The van der Waals surface area contributed by atoms with E-state index in [1.54, 1.807) is 23.2 Å². The molecule has 1 aromatic heterocycles. The van der Waals surface area contributed by atoms with Crippen molar-refractivity contribution in [3.63, 3.8) is 0 Å². The van der Waals surface area contributed by atoms with Gasteiger partial charge in [0.2, 0.25) is 5.91 Å². The Morgan fingerprint density at radius 2 is 1.79 bits per heavy atom. The quantitative estimate of drug-likeness (QED) is 0.545. The minimum absolute atomic E-state index is 0. The Bertz CT molecular complexity index is 996. The van der Waals surface area contributed by atoms with E-state index in [2.05, 4.69) is 27.1 Å². The number of halogens is 1. The largest absolute Gasteiger partial charge is 0.481 e. The summed E-state index contributed by atoms with van der Waals surface area (Å²) in [6, 6.07) is 6.92. The Hall–Kier alpha value is -2.62. The van der Waals surface area contributed by atoms with Gasteiger partial charge in [-0.1, -0.05) is 6.07 Å². The lowest BCUT2D eigenvalue weighted by Crippen LogP contribution is -2.57. The Labute approximate surface area is 205 Å². The van der Waals surface area contributed by atoms with Crippen molar-refractivity contribution < 1.29 is 19.5 Å². The average Bonchev–Trinajstić information content (AvgIpc) is 3.29. The van der Waals surface area contributed by atoms with Crippen molar-refractivity contribution in [2.45, 2.75) is 37.8 Å². The van der Waals surface area contributed by atoms with Crippen LogP contribution in [0.1, 0.15) is 36.0 Å². The zero-order chi connectivity index (χ0) is 23.4. The molecule has 0 aliphatic carbocycles. The number of amides is 2. The number of carbonyl (C=O) groups is 3. The number of aromatic amines is 1. The fourth-order valence-corrected chi connectivity index (χ4v) is 4.84. The predicted octanol–water partition coefficient (Wildman–Crippen LogP) is 1.79. The van der Waals surface area contributed by atoms with Gasteiger partial charge in [-0.05, 0) is 63.0 Å². The summed E-state index contributed by atoms with van der Waals surface area (Å²) < 4.78 is 0. The van der Waals surface area contributed by atoms with Gasteiger partial charge in [0, 0.05) is 55.9 Å². The number of piperazine rings is 1. The molecule has 4 rings (SSSR count). The van der Waals surface area contributed by atoms with Gasteiger partial charge in [0.25, 0.3) is 5.91 Å². The van der Waals surface area contributed by atoms with Crippen molar-refractivity contribution in [1.29, 1.82) is 0 Å². The van der Waals surface area contributed by atoms with Gasteiger partial charge < -0.3 is 25.2 Å². The molecule has 0 saturated carbocycles. The summed E-state index contributed by atoms with van der Waals surface area (Å²) in [5.41, 5.74) is 1.27. The van der Waals surface area contributed by atoms with Crippen molar-refractivity contribution in [2.24, 2.45) is 0 Å². The molecule has 2 amide bonds. The summed E-state index contributed by atoms with van der Waals surface area (Å²) in [4.78, 5) is 47.0. The summed E-state index contributed by atoms with van der Waals surface area (Å²) in [5, 5.41) is 12.9. The topological polar surface area (TPSA) is 109 Å². The second kappa shape index (κ2) is 11.7. The number of carboxylic acids is 1. The molecule has 186 valence electrons. The molecule has 1 atom stereocenters. The van der Waals surface area contributed by atoms with Crippen LogP contribution in [0.5, 0.6) is 0 Å². The molecule has 2 fully saturated rings. The van der Waals surface area contributed by atoms with E-state index in [1.165, 1.54) is 0 Å². The van der Waals surface area contributed by atoms with Gasteiger partial charge in [0.05, 0.1) is 0 Å². The lowest BCUT2D eigenvalue weighted by Gasteiger charge is -2.42. The standard InChI is InChI=1S/C24H33N5O4.ClH/c1-27-10-7-19(8-11-27)28-12-14-29(15-13-28)24(33)20(4-5-22(30)31)26-23(32)18-3-2-17-6-9-25-21(17)16-18;/h2-3,6,9,16,19-20,25H,4-5,7-8,10-15H2,1H3,(H,26,32)(H,30,31);1H/t20-;/m1./s1. The highest BCUT2D eigenvalue weighted by Crippen LogP contribution is 2.19. The number of H-pyrrole nitrogens is 1. The highest BCUT2D eigenvalue weighted by atomic mass is 35.5. The third kappa shape index (κ3) is 6.28. The molecule has 2 aromatic rings. The van der Waals surface area contributed by atoms with Gasteiger partial charge >= 0.3 is 5.97 Å². The number of nitrogens with one attached hydrogen (secondary N) is 2. The van der Waals surface area contributed by atoms with Crippen molar-refractivity contribution in [1.82, 2.24) is 25.0 Å². The zero-order valence-electron chi connectivity index (χ0n) is 19.5. The number of fused-ring (bicyclic) bond motifs is 1. The van der Waals surface area contributed by atoms with Gasteiger partial charge in [-0.15, -0.1) is 12.4 Å². The second-order valence-corrected chi connectivity index (χ2v) is 9.13. The van der Waals surface area contributed by atoms with Crippen molar-refractivity contribution in [3.05, 3.63) is 36.0 Å². The molecule has 0 spiro atoms. The van der Waals surface area contributed by atoms with Gasteiger partial charge in [-0.25, -0.2) is 0 Å². The van der Waals surface area contributed by atoms with Crippen molar-refractivity contribution in [3.8, 4) is 0 Å². The summed E-state index contributed by atoms with van der Waals surface area (Å²) in [6.07, 6.45) is 3.98. The molecule has 3 heterocycles. The minimum Gasteiger partial charge on any atom is -0.481 e. The number of rotatable bonds is 7. The van der Waals surface area contributed by atoms with Crippen LogP contribution in [0.25, 0.3) is 10.9 Å². The molecule has 2 aliphatic rings. The average molecular weight is 492 g/mol. The van der Waals surface area contributed by atoms with Crippen LogP contribution in [0.2, 0.25) is 0 Å². The van der Waals surface area contributed by atoms with Crippen molar-refractivity contribution >= 4 is 41.1 Å². The number of aromatic nitrogens is 1. The Morgan fingerprint density at radius 3 is 2.47 bits per heavy atom. The maximum Gasteiger partial charge on any atom is 0.303 e. The number of hydrogen-bond acceptors (Lipinski definition) is 5. The monoisotopic (exact) mass is 491 g/mol. The number of piperidine rings is 1. The number of aliphatic carboxylic acids is 1. The summed E-state index contributed by atoms with van der Waals surface area (Å²) in [7, 11) is 2.15. The van der Waals surface area contributed by atoms with Crippen molar-refractivity contribution in [2.75, 3.05) is 46.3 Å². The molecule has 3 N–H and O–H groups in total. The van der Waals surface area contributed by atoms with E-state index in [4.69, 9.17) is 5.11 Å². The predicted molar refractivity (Wildman–Crippen MR) is 132 cm³/mol. The molecule has 2 aliphatic heterocycles. The number of carbonyl (C=O) groups excluding carboxylic acids is 2. The lowest BCUT2D eigenvalue weighted by atomic mass is 10.0. The maximum absolute atomic E-state index is 13.3. The first kappa shape index (κ1) is 26.0. The smallest absolute Gasteiger partial charge is 0.303 e. The van der Waals surface area contributed by atoms with Gasteiger partial charge in [-0.2, -0.15) is 0 Å². The third-order valence-electron chi connectivity index (χ3n) is 6.90. The SMILES string of the molecule is CN1CCC(N2CCN(C(=O)[C@@H](CCC(=O)O)NC(=O)c3ccc4cc[nH]c4c3)CC2)CC1.Cl. The molecule has 1 aromatic carbocycles. The van der Waals surface area contributed by atoms with Gasteiger partial charge in [-0.3, -0.25) is 19.3 Å². The summed E-state index contributed by atoms with van der Waals surface area (Å²) >= 11 is 0. The fraction of sp³-hybridized carbons (Fsp3) is 0.542. The van der Waals surface area contributed by atoms with E-state index in [0.717, 1.165) is 49.9 Å². The van der Waals surface area contributed by atoms with Crippen LogP contribution in [0.4, 0.5) is 0 Å². The molecule has 0 bridgehead atoms. The molecule has 2 saturated heterocycles. The molecular weight excluding hydrogens is 458 g/mol. The third-order valence-corrected chi connectivity index (χ3v) is 6.90. The van der Waals surface area contributed by atoms with E-state index in [1.807, 2.05) is 12.1 Å².